The summed E-state index contributed by atoms with van der Waals surface area (Å²) in [7, 11) is 0. The molecule has 0 bridgehead atoms. The molecule has 1 N–H and O–H groups in total. The van der Waals surface area contributed by atoms with Gasteiger partial charge in [0.1, 0.15) is 16.9 Å². The van der Waals surface area contributed by atoms with Crippen LogP contribution in [0.4, 0.5) is 0 Å². The number of benzene rings is 1. The van der Waals surface area contributed by atoms with E-state index in [4.69, 9.17) is 16.0 Å². The number of aromatic nitrogens is 3. The minimum atomic E-state index is -0.354. The molecule has 0 saturated carbocycles. The fourth-order valence-corrected chi connectivity index (χ4v) is 2.86. The van der Waals surface area contributed by atoms with Crippen molar-refractivity contribution in [1.82, 2.24) is 15.0 Å². The largest absolute Gasteiger partial charge is 0.449 e. The SMILES string of the molecule is O=c1[nH]c(-c2cnccc2Cl)nc2c1oc1ccc(Br)cc12. The van der Waals surface area contributed by atoms with Crippen molar-refractivity contribution in [2.75, 3.05) is 0 Å². The van der Waals surface area contributed by atoms with E-state index in [9.17, 15) is 4.79 Å². The van der Waals surface area contributed by atoms with Crippen LogP contribution in [0.5, 0.6) is 0 Å². The molecular weight excluding hydrogens is 370 g/mol. The standard InChI is InChI=1S/C15H7BrClN3O2/c16-7-1-2-11-8(5-7)12-13(22-11)15(21)20-14(19-12)9-6-18-4-3-10(9)17/h1-6H,(H,19,20,21). The predicted molar refractivity (Wildman–Crippen MR) is 88.1 cm³/mol. The average Bonchev–Trinajstić information content (AvgIpc) is 2.86. The van der Waals surface area contributed by atoms with E-state index in [-0.39, 0.29) is 11.1 Å². The van der Waals surface area contributed by atoms with Crippen molar-refractivity contribution in [3.8, 4) is 11.4 Å². The lowest BCUT2D eigenvalue weighted by Gasteiger charge is -2.02. The summed E-state index contributed by atoms with van der Waals surface area (Å²) < 4.78 is 6.46. The van der Waals surface area contributed by atoms with Gasteiger partial charge in [-0.3, -0.25) is 9.78 Å². The maximum atomic E-state index is 12.3. The van der Waals surface area contributed by atoms with Gasteiger partial charge in [0.25, 0.3) is 5.56 Å². The van der Waals surface area contributed by atoms with Crippen LogP contribution in [-0.4, -0.2) is 15.0 Å². The molecule has 3 heterocycles. The molecule has 0 aliphatic carbocycles. The Kier molecular flexibility index (Phi) is 3.02. The third-order valence-electron chi connectivity index (χ3n) is 3.31. The highest BCUT2D eigenvalue weighted by molar-refractivity contribution is 9.10. The van der Waals surface area contributed by atoms with Gasteiger partial charge in [-0.2, -0.15) is 0 Å². The molecule has 1 aromatic carbocycles. The number of hydrogen-bond donors (Lipinski definition) is 1. The van der Waals surface area contributed by atoms with Gasteiger partial charge in [0.15, 0.2) is 0 Å². The first kappa shape index (κ1) is 13.5. The molecule has 0 unspecified atom stereocenters. The molecule has 5 nitrogen and oxygen atoms in total. The van der Waals surface area contributed by atoms with Crippen molar-refractivity contribution in [1.29, 1.82) is 0 Å². The molecule has 7 heteroatoms. The fourth-order valence-electron chi connectivity index (χ4n) is 2.31. The Morgan fingerprint density at radius 1 is 1.27 bits per heavy atom. The number of nitrogens with one attached hydrogen (secondary N) is 1. The Labute approximate surface area is 137 Å². The van der Waals surface area contributed by atoms with Crippen molar-refractivity contribution in [2.45, 2.75) is 0 Å². The monoisotopic (exact) mass is 375 g/mol. The minimum absolute atomic E-state index is 0.192. The van der Waals surface area contributed by atoms with Crippen LogP contribution in [0, 0.1) is 0 Å². The molecule has 0 aliphatic rings. The average molecular weight is 377 g/mol. The minimum Gasteiger partial charge on any atom is -0.449 e. The summed E-state index contributed by atoms with van der Waals surface area (Å²) in [5.41, 5.74) is 1.50. The maximum Gasteiger partial charge on any atom is 0.294 e. The van der Waals surface area contributed by atoms with Crippen molar-refractivity contribution in [3.05, 3.63) is 56.5 Å². The van der Waals surface area contributed by atoms with E-state index < -0.39 is 0 Å². The topological polar surface area (TPSA) is 71.8 Å². The van der Waals surface area contributed by atoms with E-state index >= 15 is 0 Å². The summed E-state index contributed by atoms with van der Waals surface area (Å²) in [6, 6.07) is 7.14. The Hall–Kier alpha value is -2.18. The number of H-pyrrole nitrogens is 1. The van der Waals surface area contributed by atoms with E-state index in [1.807, 2.05) is 12.1 Å². The highest BCUT2D eigenvalue weighted by Gasteiger charge is 2.15. The summed E-state index contributed by atoms with van der Waals surface area (Å²) in [6.07, 6.45) is 3.14. The van der Waals surface area contributed by atoms with Crippen LogP contribution in [-0.2, 0) is 0 Å². The van der Waals surface area contributed by atoms with Gasteiger partial charge in [0.05, 0.1) is 10.6 Å². The summed E-state index contributed by atoms with van der Waals surface area (Å²) in [5.74, 6) is 0.360. The Balaban J connectivity index is 2.11. The fraction of sp³-hybridized carbons (Fsp3) is 0. The zero-order chi connectivity index (χ0) is 15.3. The van der Waals surface area contributed by atoms with Crippen LogP contribution in [0.3, 0.4) is 0 Å². The number of rotatable bonds is 1. The van der Waals surface area contributed by atoms with E-state index in [0.717, 1.165) is 9.86 Å². The molecule has 0 radical (unpaired) electrons. The van der Waals surface area contributed by atoms with E-state index in [1.165, 1.54) is 0 Å². The van der Waals surface area contributed by atoms with Gasteiger partial charge >= 0.3 is 0 Å². The first-order valence-electron chi connectivity index (χ1n) is 6.35. The lowest BCUT2D eigenvalue weighted by Crippen LogP contribution is -2.08. The molecule has 0 amide bonds. The third kappa shape index (κ3) is 2.03. The van der Waals surface area contributed by atoms with Gasteiger partial charge in [-0.25, -0.2) is 4.98 Å². The zero-order valence-electron chi connectivity index (χ0n) is 10.9. The van der Waals surface area contributed by atoms with Gasteiger partial charge in [-0.15, -0.1) is 0 Å². The van der Waals surface area contributed by atoms with Crippen molar-refractivity contribution in [2.24, 2.45) is 0 Å². The molecule has 0 fully saturated rings. The number of nitrogens with zero attached hydrogens (tertiary/aromatic N) is 2. The summed E-state index contributed by atoms with van der Waals surface area (Å²) in [6.45, 7) is 0. The molecule has 108 valence electrons. The van der Waals surface area contributed by atoms with Crippen LogP contribution < -0.4 is 5.56 Å². The molecule has 22 heavy (non-hydrogen) atoms. The zero-order valence-corrected chi connectivity index (χ0v) is 13.3. The van der Waals surface area contributed by atoms with Gasteiger partial charge in [-0.1, -0.05) is 27.5 Å². The normalized spacial score (nSPS) is 11.4. The van der Waals surface area contributed by atoms with Crippen LogP contribution >= 0.6 is 27.5 Å². The lowest BCUT2D eigenvalue weighted by atomic mass is 10.2. The highest BCUT2D eigenvalue weighted by Crippen LogP contribution is 2.30. The Morgan fingerprint density at radius 3 is 2.95 bits per heavy atom. The molecule has 0 atom stereocenters. The molecule has 4 rings (SSSR count). The van der Waals surface area contributed by atoms with E-state index in [1.54, 1.807) is 24.5 Å². The number of pyridine rings is 1. The molecule has 0 spiro atoms. The van der Waals surface area contributed by atoms with Crippen LogP contribution in [0.25, 0.3) is 33.5 Å². The van der Waals surface area contributed by atoms with Gasteiger partial charge in [0.2, 0.25) is 5.58 Å². The molecule has 3 aromatic heterocycles. The quantitative estimate of drug-likeness (QED) is 0.542. The summed E-state index contributed by atoms with van der Waals surface area (Å²) >= 11 is 9.56. The van der Waals surface area contributed by atoms with Crippen molar-refractivity contribution >= 4 is 49.6 Å². The lowest BCUT2D eigenvalue weighted by molar-refractivity contribution is 0.661. The number of aromatic amines is 1. The maximum absolute atomic E-state index is 12.3. The van der Waals surface area contributed by atoms with Crippen LogP contribution in [0.1, 0.15) is 0 Å². The highest BCUT2D eigenvalue weighted by atomic mass is 79.9. The Morgan fingerprint density at radius 2 is 2.14 bits per heavy atom. The molecule has 4 aromatic rings. The first-order valence-corrected chi connectivity index (χ1v) is 7.52. The Bertz CT molecular complexity index is 1090. The second-order valence-corrected chi connectivity index (χ2v) is 6.01. The molecule has 0 saturated heterocycles. The smallest absolute Gasteiger partial charge is 0.294 e. The summed E-state index contributed by atoms with van der Waals surface area (Å²) in [4.78, 5) is 23.5. The number of halogens is 2. The second-order valence-electron chi connectivity index (χ2n) is 4.69. The first-order chi connectivity index (χ1) is 10.6. The number of hydrogen-bond acceptors (Lipinski definition) is 4. The van der Waals surface area contributed by atoms with Crippen LogP contribution in [0.2, 0.25) is 5.02 Å². The second kappa shape index (κ2) is 4.93. The number of fused-ring (bicyclic) bond motifs is 3. The third-order valence-corrected chi connectivity index (χ3v) is 4.13. The van der Waals surface area contributed by atoms with E-state index in [0.29, 0.717) is 27.5 Å². The molecule has 0 aliphatic heterocycles. The molecular formula is C15H7BrClN3O2. The van der Waals surface area contributed by atoms with Gasteiger partial charge < -0.3 is 9.40 Å². The number of furan rings is 1. The van der Waals surface area contributed by atoms with Gasteiger partial charge in [-0.05, 0) is 24.3 Å². The van der Waals surface area contributed by atoms with E-state index in [2.05, 4.69) is 30.9 Å². The summed E-state index contributed by atoms with van der Waals surface area (Å²) in [5, 5.41) is 1.23. The predicted octanol–water partition coefficient (Wildman–Crippen LogP) is 4.15. The van der Waals surface area contributed by atoms with Crippen LogP contribution in [0.15, 0.2) is 50.3 Å². The van der Waals surface area contributed by atoms with Crippen molar-refractivity contribution < 1.29 is 4.42 Å². The van der Waals surface area contributed by atoms with Crippen molar-refractivity contribution in [3.63, 3.8) is 0 Å². The van der Waals surface area contributed by atoms with Gasteiger partial charge in [0, 0.05) is 22.3 Å².